The van der Waals surface area contributed by atoms with Crippen LogP contribution in [0.2, 0.25) is 5.02 Å². The van der Waals surface area contributed by atoms with E-state index in [0.29, 0.717) is 12.2 Å². The maximum Gasteiger partial charge on any atom is 0.283 e. The van der Waals surface area contributed by atoms with Crippen molar-refractivity contribution in [3.05, 3.63) is 33.9 Å². The zero-order valence-corrected chi connectivity index (χ0v) is 15.1. The first-order valence-corrected chi connectivity index (χ1v) is 8.43. The molecule has 0 spiro atoms. The first kappa shape index (κ1) is 17.8. The van der Waals surface area contributed by atoms with Gasteiger partial charge in [0.05, 0.1) is 16.9 Å². The topological polar surface area (TPSA) is 56.0 Å². The summed E-state index contributed by atoms with van der Waals surface area (Å²) in [6.07, 6.45) is 0.728. The zero-order valence-electron chi connectivity index (χ0n) is 14.3. The van der Waals surface area contributed by atoms with Gasteiger partial charge in [0.1, 0.15) is 12.2 Å². The third-order valence-corrected chi connectivity index (χ3v) is 4.97. The first-order valence-electron chi connectivity index (χ1n) is 8.05. The summed E-state index contributed by atoms with van der Waals surface area (Å²) in [5, 5.41) is 8.04. The molecule has 0 saturated heterocycles. The van der Waals surface area contributed by atoms with E-state index in [1.54, 1.807) is 22.8 Å². The second-order valence-corrected chi connectivity index (χ2v) is 6.82. The van der Waals surface area contributed by atoms with Crippen LogP contribution in [0.4, 0.5) is 8.78 Å². The van der Waals surface area contributed by atoms with E-state index in [2.05, 4.69) is 10.2 Å². The fourth-order valence-electron chi connectivity index (χ4n) is 2.77. The Kier molecular flexibility index (Phi) is 4.81. The largest absolute Gasteiger partial charge is 0.340 e. The smallest absolute Gasteiger partial charge is 0.283 e. The van der Waals surface area contributed by atoms with Gasteiger partial charge in [-0.15, -0.1) is 0 Å². The molecule has 1 aliphatic rings. The van der Waals surface area contributed by atoms with Crippen molar-refractivity contribution >= 4 is 17.5 Å². The highest BCUT2D eigenvalue weighted by atomic mass is 35.5. The average molecular weight is 372 g/mol. The van der Waals surface area contributed by atoms with Crippen molar-refractivity contribution in [1.29, 1.82) is 0 Å². The molecule has 1 aliphatic carbocycles. The Morgan fingerprint density at radius 3 is 2.68 bits per heavy atom. The van der Waals surface area contributed by atoms with Crippen molar-refractivity contribution in [3.8, 4) is 0 Å². The number of nitrogens with zero attached hydrogens (tertiary/aromatic N) is 5. The molecule has 2 aromatic rings. The molecule has 0 atom stereocenters. The summed E-state index contributed by atoms with van der Waals surface area (Å²) in [5.41, 5.74) is 2.02. The lowest BCUT2D eigenvalue weighted by molar-refractivity contribution is -0.131. The van der Waals surface area contributed by atoms with Crippen LogP contribution in [0.15, 0.2) is 6.20 Å². The molecule has 1 amide bonds. The number of likely N-dealkylation sites (N-methyl/N-ethyl adjacent to an activating group) is 1. The molecule has 0 radical (unpaired) electrons. The molecule has 9 heteroatoms. The van der Waals surface area contributed by atoms with E-state index in [0.717, 1.165) is 24.1 Å². The number of carbonyl (C=O) groups excluding carboxylic acids is 1. The van der Waals surface area contributed by atoms with Crippen LogP contribution < -0.4 is 0 Å². The van der Waals surface area contributed by atoms with Crippen LogP contribution in [-0.4, -0.2) is 37.4 Å². The van der Waals surface area contributed by atoms with Gasteiger partial charge >= 0.3 is 0 Å². The van der Waals surface area contributed by atoms with E-state index < -0.39 is 12.1 Å². The normalized spacial score (nSPS) is 14.4. The molecule has 2 heterocycles. The average Bonchev–Trinajstić information content (AvgIpc) is 3.27. The van der Waals surface area contributed by atoms with E-state index in [1.165, 1.54) is 4.68 Å². The number of hydrogen-bond donors (Lipinski definition) is 0. The quantitative estimate of drug-likeness (QED) is 0.784. The molecular weight excluding hydrogens is 352 g/mol. The van der Waals surface area contributed by atoms with E-state index in [4.69, 9.17) is 11.6 Å². The lowest BCUT2D eigenvalue weighted by Crippen LogP contribution is -2.30. The van der Waals surface area contributed by atoms with E-state index in [9.17, 15) is 13.6 Å². The molecule has 0 N–H and O–H groups in total. The van der Waals surface area contributed by atoms with Gasteiger partial charge in [-0.05, 0) is 19.8 Å². The number of alkyl halides is 2. The van der Waals surface area contributed by atoms with Crippen LogP contribution in [0.25, 0.3) is 0 Å². The van der Waals surface area contributed by atoms with Crippen molar-refractivity contribution in [3.63, 3.8) is 0 Å². The minimum atomic E-state index is -2.75. The van der Waals surface area contributed by atoms with Crippen LogP contribution in [0.5, 0.6) is 0 Å². The molecule has 0 aromatic carbocycles. The van der Waals surface area contributed by atoms with Crippen molar-refractivity contribution in [2.45, 2.75) is 45.2 Å². The van der Waals surface area contributed by atoms with Crippen LogP contribution in [0, 0.1) is 6.92 Å². The number of halogens is 3. The number of carbonyl (C=O) groups is 1. The summed E-state index contributed by atoms with van der Waals surface area (Å²) in [6.45, 7) is 2.22. The van der Waals surface area contributed by atoms with Gasteiger partial charge in [-0.3, -0.25) is 14.2 Å². The lowest BCUT2D eigenvalue weighted by Gasteiger charge is -2.18. The van der Waals surface area contributed by atoms with E-state index >= 15 is 0 Å². The second-order valence-electron chi connectivity index (χ2n) is 6.45. The molecule has 25 heavy (non-hydrogen) atoms. The number of rotatable bonds is 6. The Balaban J connectivity index is 1.76. The third kappa shape index (κ3) is 3.53. The number of amides is 1. The first-order chi connectivity index (χ1) is 11.8. The molecule has 2 aromatic heterocycles. The van der Waals surface area contributed by atoms with Gasteiger partial charge in [-0.2, -0.15) is 10.2 Å². The van der Waals surface area contributed by atoms with Crippen molar-refractivity contribution in [2.24, 2.45) is 7.05 Å². The summed E-state index contributed by atoms with van der Waals surface area (Å²) >= 11 is 6.08. The van der Waals surface area contributed by atoms with E-state index in [1.807, 2.05) is 14.0 Å². The highest BCUT2D eigenvalue weighted by Crippen LogP contribution is 2.45. The molecule has 0 unspecified atom stereocenters. The summed E-state index contributed by atoms with van der Waals surface area (Å²) < 4.78 is 29.2. The van der Waals surface area contributed by atoms with Crippen LogP contribution in [0.1, 0.15) is 47.8 Å². The van der Waals surface area contributed by atoms with Crippen molar-refractivity contribution < 1.29 is 13.6 Å². The summed E-state index contributed by atoms with van der Waals surface area (Å²) in [7, 11) is 3.50. The van der Waals surface area contributed by atoms with Gasteiger partial charge in [0.25, 0.3) is 6.43 Å². The Labute approximate surface area is 149 Å². The highest BCUT2D eigenvalue weighted by molar-refractivity contribution is 6.32. The highest BCUT2D eigenvalue weighted by Gasteiger charge is 2.34. The predicted molar refractivity (Wildman–Crippen MR) is 88.6 cm³/mol. The van der Waals surface area contributed by atoms with Gasteiger partial charge < -0.3 is 4.90 Å². The maximum absolute atomic E-state index is 13.1. The summed E-state index contributed by atoms with van der Waals surface area (Å²) in [6, 6.07) is 0. The molecule has 136 valence electrons. The summed E-state index contributed by atoms with van der Waals surface area (Å²) in [4.78, 5) is 14.1. The fraction of sp³-hybridized carbons (Fsp3) is 0.562. The maximum atomic E-state index is 13.1. The fourth-order valence-corrected chi connectivity index (χ4v) is 3.14. The molecule has 0 aliphatic heterocycles. The SMILES string of the molecule is Cc1c(CN(C)C(=O)Cn2nc(C(F)F)c(Cl)c2C2CC2)cnn1C. The van der Waals surface area contributed by atoms with Gasteiger partial charge in [0.2, 0.25) is 5.91 Å². The lowest BCUT2D eigenvalue weighted by atomic mass is 10.2. The summed E-state index contributed by atoms with van der Waals surface area (Å²) in [5.74, 6) is -0.101. The second kappa shape index (κ2) is 6.74. The van der Waals surface area contributed by atoms with Crippen LogP contribution >= 0.6 is 11.6 Å². The number of aryl methyl sites for hydroxylation is 1. The van der Waals surface area contributed by atoms with Gasteiger partial charge in [-0.25, -0.2) is 8.78 Å². The Morgan fingerprint density at radius 1 is 1.48 bits per heavy atom. The van der Waals surface area contributed by atoms with Gasteiger partial charge in [0.15, 0.2) is 0 Å². The van der Waals surface area contributed by atoms with Crippen molar-refractivity contribution in [1.82, 2.24) is 24.5 Å². The van der Waals surface area contributed by atoms with Gasteiger partial charge in [-0.1, -0.05) is 11.6 Å². The number of hydrogen-bond acceptors (Lipinski definition) is 3. The predicted octanol–water partition coefficient (Wildman–Crippen LogP) is 3.05. The third-order valence-electron chi connectivity index (χ3n) is 4.58. The van der Waals surface area contributed by atoms with Gasteiger partial charge in [0, 0.05) is 37.8 Å². The molecule has 1 fully saturated rings. The van der Waals surface area contributed by atoms with Crippen molar-refractivity contribution in [2.75, 3.05) is 7.05 Å². The molecule has 0 bridgehead atoms. The monoisotopic (exact) mass is 371 g/mol. The van der Waals surface area contributed by atoms with Crippen LogP contribution in [0.3, 0.4) is 0 Å². The molecule has 6 nitrogen and oxygen atoms in total. The Bertz CT molecular complexity index is 797. The molecule has 3 rings (SSSR count). The Hall–Kier alpha value is -1.96. The number of aromatic nitrogens is 4. The standard InChI is InChI=1S/C16H20ClF2N5O/c1-9-11(6-20-23(9)3)7-22(2)12(25)8-24-15(10-4-5-10)13(17)14(21-24)16(18)19/h6,10,16H,4-5,7-8H2,1-3H3. The minimum absolute atomic E-state index is 0.00365. The Morgan fingerprint density at radius 2 is 2.16 bits per heavy atom. The zero-order chi connectivity index (χ0) is 18.3. The van der Waals surface area contributed by atoms with E-state index in [-0.39, 0.29) is 23.4 Å². The molecule has 1 saturated carbocycles. The minimum Gasteiger partial charge on any atom is -0.340 e. The molecular formula is C16H20ClF2N5O. The van der Waals surface area contributed by atoms with Crippen LogP contribution in [-0.2, 0) is 24.9 Å².